The minimum atomic E-state index is -0.316. The lowest BCUT2D eigenvalue weighted by Crippen LogP contribution is -2.36. The number of carbonyl (C=O) groups excluding carboxylic acids is 1. The fraction of sp³-hybridized carbons (Fsp3) is 0.462. The first-order valence-electron chi connectivity index (χ1n) is 5.45. The molecule has 1 aromatic carbocycles. The lowest BCUT2D eigenvalue weighted by Gasteiger charge is -2.22. The van der Waals surface area contributed by atoms with Gasteiger partial charge in [-0.2, -0.15) is 11.8 Å². The Labute approximate surface area is 106 Å². The van der Waals surface area contributed by atoms with Crippen LogP contribution in [0.4, 0.5) is 4.39 Å². The van der Waals surface area contributed by atoms with Gasteiger partial charge in [-0.15, -0.1) is 0 Å². The number of benzene rings is 1. The van der Waals surface area contributed by atoms with E-state index in [9.17, 15) is 9.18 Å². The normalized spacial score (nSPS) is 11.4. The van der Waals surface area contributed by atoms with Crippen LogP contribution in [0.3, 0.4) is 0 Å². The Bertz CT molecular complexity index is 418. The first-order chi connectivity index (χ1) is 7.85. The molecule has 0 heterocycles. The lowest BCUT2D eigenvalue weighted by atomic mass is 10.1. The number of carbonyl (C=O) groups is 1. The minimum absolute atomic E-state index is 0.00357. The first-order valence-corrected chi connectivity index (χ1v) is 6.68. The lowest BCUT2D eigenvalue weighted by molar-refractivity contribution is 0.0950. The van der Waals surface area contributed by atoms with Crippen molar-refractivity contribution in [1.82, 2.24) is 5.32 Å². The van der Waals surface area contributed by atoms with Gasteiger partial charge in [-0.3, -0.25) is 4.79 Å². The molecule has 17 heavy (non-hydrogen) atoms. The van der Waals surface area contributed by atoms with Crippen LogP contribution in [0.25, 0.3) is 0 Å². The maximum Gasteiger partial charge on any atom is 0.251 e. The van der Waals surface area contributed by atoms with Gasteiger partial charge in [-0.05, 0) is 50.8 Å². The van der Waals surface area contributed by atoms with Crippen LogP contribution in [0.1, 0.15) is 29.8 Å². The zero-order valence-electron chi connectivity index (χ0n) is 10.6. The van der Waals surface area contributed by atoms with Crippen molar-refractivity contribution in [1.29, 1.82) is 0 Å². The van der Waals surface area contributed by atoms with Crippen LogP contribution in [0, 0.1) is 12.7 Å². The van der Waals surface area contributed by atoms with Gasteiger partial charge in [0.2, 0.25) is 0 Å². The van der Waals surface area contributed by atoms with Crippen molar-refractivity contribution in [3.63, 3.8) is 0 Å². The third-order valence-corrected chi connectivity index (χ3v) is 3.91. The molecule has 1 aromatic rings. The SMILES string of the molecule is CSC(C)(C)CNC(=O)c1ccc(F)cc1C. The quantitative estimate of drug-likeness (QED) is 0.896. The number of halogens is 1. The molecule has 4 heteroatoms. The van der Waals surface area contributed by atoms with Crippen LogP contribution in [0.2, 0.25) is 0 Å². The number of nitrogens with one attached hydrogen (secondary N) is 1. The van der Waals surface area contributed by atoms with Crippen molar-refractivity contribution >= 4 is 17.7 Å². The topological polar surface area (TPSA) is 29.1 Å². The van der Waals surface area contributed by atoms with E-state index in [1.807, 2.05) is 6.26 Å². The van der Waals surface area contributed by atoms with E-state index in [4.69, 9.17) is 0 Å². The predicted molar refractivity (Wildman–Crippen MR) is 71.1 cm³/mol. The molecule has 0 unspecified atom stereocenters. The van der Waals surface area contributed by atoms with E-state index in [2.05, 4.69) is 19.2 Å². The standard InChI is InChI=1S/C13H18FNOS/c1-9-7-10(14)5-6-11(9)12(16)15-8-13(2,3)17-4/h5-7H,8H2,1-4H3,(H,15,16). The summed E-state index contributed by atoms with van der Waals surface area (Å²) in [4.78, 5) is 11.9. The Balaban J connectivity index is 2.71. The van der Waals surface area contributed by atoms with E-state index in [1.54, 1.807) is 18.7 Å². The summed E-state index contributed by atoms with van der Waals surface area (Å²) in [5.41, 5.74) is 1.19. The van der Waals surface area contributed by atoms with Crippen molar-refractivity contribution in [2.75, 3.05) is 12.8 Å². The first kappa shape index (κ1) is 14.0. The Morgan fingerprint density at radius 1 is 1.47 bits per heavy atom. The third kappa shape index (κ3) is 4.04. The van der Waals surface area contributed by atoms with Gasteiger partial charge in [-0.25, -0.2) is 4.39 Å². The molecule has 2 nitrogen and oxygen atoms in total. The van der Waals surface area contributed by atoms with Crippen LogP contribution in [-0.2, 0) is 0 Å². The highest BCUT2D eigenvalue weighted by Crippen LogP contribution is 2.20. The van der Waals surface area contributed by atoms with Crippen LogP contribution in [-0.4, -0.2) is 23.5 Å². The fourth-order valence-corrected chi connectivity index (χ4v) is 1.56. The van der Waals surface area contributed by atoms with Crippen molar-refractivity contribution in [2.24, 2.45) is 0 Å². The number of thioether (sulfide) groups is 1. The van der Waals surface area contributed by atoms with Crippen molar-refractivity contribution in [3.05, 3.63) is 35.1 Å². The number of amides is 1. The van der Waals surface area contributed by atoms with Crippen molar-refractivity contribution < 1.29 is 9.18 Å². The number of rotatable bonds is 4. The fourth-order valence-electron chi connectivity index (χ4n) is 1.34. The molecule has 0 aliphatic carbocycles. The van der Waals surface area contributed by atoms with E-state index in [0.717, 1.165) is 0 Å². The van der Waals surface area contributed by atoms with Gasteiger partial charge in [0.05, 0.1) is 0 Å². The highest BCUT2D eigenvalue weighted by atomic mass is 32.2. The van der Waals surface area contributed by atoms with E-state index in [-0.39, 0.29) is 16.5 Å². The summed E-state index contributed by atoms with van der Waals surface area (Å²) in [6, 6.07) is 4.20. The van der Waals surface area contributed by atoms with Gasteiger partial charge in [0.15, 0.2) is 0 Å². The maximum atomic E-state index is 12.9. The van der Waals surface area contributed by atoms with Gasteiger partial charge in [0.1, 0.15) is 5.82 Å². The number of hydrogen-bond acceptors (Lipinski definition) is 2. The molecule has 94 valence electrons. The Morgan fingerprint density at radius 3 is 2.65 bits per heavy atom. The molecular weight excluding hydrogens is 237 g/mol. The summed E-state index contributed by atoms with van der Waals surface area (Å²) in [5, 5.41) is 2.87. The largest absolute Gasteiger partial charge is 0.351 e. The minimum Gasteiger partial charge on any atom is -0.351 e. The van der Waals surface area contributed by atoms with Gasteiger partial charge in [0, 0.05) is 16.9 Å². The molecule has 0 spiro atoms. The van der Waals surface area contributed by atoms with Gasteiger partial charge < -0.3 is 5.32 Å². The van der Waals surface area contributed by atoms with E-state index >= 15 is 0 Å². The maximum absolute atomic E-state index is 12.9. The second kappa shape index (κ2) is 5.54. The van der Waals surface area contributed by atoms with Crippen LogP contribution in [0.5, 0.6) is 0 Å². The summed E-state index contributed by atoms with van der Waals surface area (Å²) < 4.78 is 12.9. The molecule has 0 aliphatic rings. The highest BCUT2D eigenvalue weighted by Gasteiger charge is 2.18. The summed E-state index contributed by atoms with van der Waals surface area (Å²) in [6.07, 6.45) is 2.01. The van der Waals surface area contributed by atoms with Gasteiger partial charge in [-0.1, -0.05) is 0 Å². The smallest absolute Gasteiger partial charge is 0.251 e. The number of aryl methyl sites for hydroxylation is 1. The average molecular weight is 255 g/mol. The molecule has 1 amide bonds. The second-order valence-electron chi connectivity index (χ2n) is 4.61. The zero-order chi connectivity index (χ0) is 13.1. The van der Waals surface area contributed by atoms with Gasteiger partial charge in [0.25, 0.3) is 5.91 Å². The molecule has 0 saturated carbocycles. The number of hydrogen-bond donors (Lipinski definition) is 1. The Morgan fingerprint density at radius 2 is 2.12 bits per heavy atom. The molecule has 0 aromatic heterocycles. The molecule has 0 saturated heterocycles. The second-order valence-corrected chi connectivity index (χ2v) is 6.12. The molecule has 0 aliphatic heterocycles. The Hall–Kier alpha value is -1.03. The van der Waals surface area contributed by atoms with Crippen molar-refractivity contribution in [2.45, 2.75) is 25.5 Å². The van der Waals surface area contributed by atoms with E-state index in [1.165, 1.54) is 18.2 Å². The van der Waals surface area contributed by atoms with Crippen LogP contribution < -0.4 is 5.32 Å². The molecule has 0 atom stereocenters. The van der Waals surface area contributed by atoms with E-state index < -0.39 is 0 Å². The third-order valence-electron chi connectivity index (χ3n) is 2.66. The summed E-state index contributed by atoms with van der Waals surface area (Å²) in [6.45, 7) is 6.45. The molecule has 0 fully saturated rings. The predicted octanol–water partition coefficient (Wildman–Crippen LogP) is 3.01. The van der Waals surface area contributed by atoms with Crippen LogP contribution >= 0.6 is 11.8 Å². The summed E-state index contributed by atoms with van der Waals surface area (Å²) in [5.74, 6) is -0.465. The monoisotopic (exact) mass is 255 g/mol. The summed E-state index contributed by atoms with van der Waals surface area (Å²) >= 11 is 1.70. The average Bonchev–Trinajstić information content (AvgIpc) is 2.26. The van der Waals surface area contributed by atoms with Gasteiger partial charge >= 0.3 is 0 Å². The zero-order valence-corrected chi connectivity index (χ0v) is 11.5. The van der Waals surface area contributed by atoms with E-state index in [0.29, 0.717) is 17.7 Å². The molecular formula is C13H18FNOS. The molecule has 1 rings (SSSR count). The summed E-state index contributed by atoms with van der Waals surface area (Å²) in [7, 11) is 0. The Kier molecular flexibility index (Phi) is 4.57. The van der Waals surface area contributed by atoms with Crippen molar-refractivity contribution in [3.8, 4) is 0 Å². The highest BCUT2D eigenvalue weighted by molar-refractivity contribution is 7.99. The molecule has 0 radical (unpaired) electrons. The van der Waals surface area contributed by atoms with Crippen LogP contribution in [0.15, 0.2) is 18.2 Å². The molecule has 0 bridgehead atoms. The molecule has 1 N–H and O–H groups in total.